The van der Waals surface area contributed by atoms with Crippen LogP contribution in [0.2, 0.25) is 0 Å². The van der Waals surface area contributed by atoms with E-state index in [9.17, 15) is 24.8 Å². The van der Waals surface area contributed by atoms with Gasteiger partial charge in [-0.2, -0.15) is 5.10 Å². The number of hydrogen-bond donors (Lipinski definition) is 2. The summed E-state index contributed by atoms with van der Waals surface area (Å²) in [6.07, 6.45) is 2.71. The van der Waals surface area contributed by atoms with Crippen molar-refractivity contribution >= 4 is 23.3 Å². The third-order valence-electron chi connectivity index (χ3n) is 3.92. The van der Waals surface area contributed by atoms with Crippen LogP contribution in [0.4, 0.5) is 11.4 Å². The van der Waals surface area contributed by atoms with Gasteiger partial charge < -0.3 is 10.4 Å². The molecule has 1 aromatic carbocycles. The highest BCUT2D eigenvalue weighted by atomic mass is 16.6. The first-order chi connectivity index (χ1) is 11.5. The van der Waals surface area contributed by atoms with E-state index < -0.39 is 22.3 Å². The molecule has 2 N–H and O–H groups in total. The van der Waals surface area contributed by atoms with Gasteiger partial charge in [-0.15, -0.1) is 0 Å². The largest absolute Gasteiger partial charge is 0.479 e. The summed E-state index contributed by atoms with van der Waals surface area (Å²) in [6.45, 7) is 6.23. The Labute approximate surface area is 143 Å². The fourth-order valence-corrected chi connectivity index (χ4v) is 2.27. The van der Waals surface area contributed by atoms with Gasteiger partial charge in [0.2, 0.25) is 0 Å². The maximum Gasteiger partial charge on any atom is 0.331 e. The minimum atomic E-state index is -1.28. The number of aromatic nitrogens is 2. The number of aliphatic carboxylic acids is 1. The molecule has 132 valence electrons. The molecule has 25 heavy (non-hydrogen) atoms. The summed E-state index contributed by atoms with van der Waals surface area (Å²) in [5, 5.41) is 26.8. The molecule has 1 aromatic heterocycles. The number of nitro groups is 1. The number of carbonyl (C=O) groups is 2. The molecule has 9 nitrogen and oxygen atoms in total. The zero-order valence-electron chi connectivity index (χ0n) is 14.2. The van der Waals surface area contributed by atoms with E-state index in [1.54, 1.807) is 19.9 Å². The van der Waals surface area contributed by atoms with Crippen LogP contribution >= 0.6 is 0 Å². The molecule has 0 aliphatic heterocycles. The summed E-state index contributed by atoms with van der Waals surface area (Å²) in [5.41, 5.74) is 0.110. The summed E-state index contributed by atoms with van der Waals surface area (Å²) >= 11 is 0. The first-order valence-electron chi connectivity index (χ1n) is 7.39. The highest BCUT2D eigenvalue weighted by Crippen LogP contribution is 2.24. The molecule has 0 saturated heterocycles. The minimum Gasteiger partial charge on any atom is -0.479 e. The topological polar surface area (TPSA) is 127 Å². The van der Waals surface area contributed by atoms with Gasteiger partial charge in [0, 0.05) is 23.4 Å². The number of nitro benzene ring substituents is 1. The molecule has 0 aliphatic rings. The van der Waals surface area contributed by atoms with E-state index in [1.165, 1.54) is 37.0 Å². The summed E-state index contributed by atoms with van der Waals surface area (Å²) in [5.74, 6) is -1.60. The number of carboxylic acid groups (broad SMARTS) is 1. The van der Waals surface area contributed by atoms with Crippen LogP contribution in [-0.4, -0.2) is 31.7 Å². The van der Waals surface area contributed by atoms with Crippen molar-refractivity contribution < 1.29 is 19.6 Å². The van der Waals surface area contributed by atoms with Crippen LogP contribution in [-0.2, 0) is 10.3 Å². The molecule has 0 fully saturated rings. The number of nitrogens with zero attached hydrogens (tertiary/aromatic N) is 3. The van der Waals surface area contributed by atoms with E-state index in [4.69, 9.17) is 0 Å². The van der Waals surface area contributed by atoms with E-state index in [2.05, 4.69) is 10.4 Å². The maximum atomic E-state index is 12.4. The SMILES string of the molecule is Cc1cc(C)c([N+](=O)[O-])cc1C(=O)Nc1cnn(C(C)(C)C(=O)O)c1. The lowest BCUT2D eigenvalue weighted by Gasteiger charge is -2.19. The third-order valence-corrected chi connectivity index (χ3v) is 3.92. The Bertz CT molecular complexity index is 869. The standard InChI is InChI=1S/C16H18N4O5/c1-9-5-10(2)13(20(24)25)6-12(9)14(21)18-11-7-17-19(8-11)16(3,4)15(22)23/h5-8H,1-4H3,(H,18,21)(H,22,23). The lowest BCUT2D eigenvalue weighted by atomic mass is 10.0. The molecule has 2 rings (SSSR count). The highest BCUT2D eigenvalue weighted by Gasteiger charge is 2.30. The quantitative estimate of drug-likeness (QED) is 0.632. The van der Waals surface area contributed by atoms with Crippen molar-refractivity contribution in [3.05, 3.63) is 51.3 Å². The molecule has 0 spiro atoms. The Morgan fingerprint density at radius 2 is 1.92 bits per heavy atom. The van der Waals surface area contributed by atoms with Gasteiger partial charge in [-0.25, -0.2) is 4.79 Å². The smallest absolute Gasteiger partial charge is 0.331 e. The summed E-state index contributed by atoms with van der Waals surface area (Å²) < 4.78 is 1.22. The van der Waals surface area contributed by atoms with Crippen molar-refractivity contribution in [3.63, 3.8) is 0 Å². The number of carbonyl (C=O) groups excluding carboxylic acids is 1. The van der Waals surface area contributed by atoms with Crippen LogP contribution in [0.3, 0.4) is 0 Å². The highest BCUT2D eigenvalue weighted by molar-refractivity contribution is 6.05. The number of amides is 1. The summed E-state index contributed by atoms with van der Waals surface area (Å²) in [4.78, 5) is 34.2. The first-order valence-corrected chi connectivity index (χ1v) is 7.39. The fraction of sp³-hybridized carbons (Fsp3) is 0.312. The van der Waals surface area contributed by atoms with Gasteiger partial charge in [0.25, 0.3) is 11.6 Å². The second kappa shape index (κ2) is 6.34. The zero-order valence-corrected chi connectivity index (χ0v) is 14.2. The number of benzene rings is 1. The number of anilines is 1. The monoisotopic (exact) mass is 346 g/mol. The molecule has 1 amide bonds. The predicted octanol–water partition coefficient (Wildman–Crippen LogP) is 2.48. The van der Waals surface area contributed by atoms with Crippen molar-refractivity contribution in [2.45, 2.75) is 33.2 Å². The summed E-state index contributed by atoms with van der Waals surface area (Å²) in [6, 6.07) is 2.80. The van der Waals surface area contributed by atoms with E-state index >= 15 is 0 Å². The Morgan fingerprint density at radius 3 is 2.48 bits per heavy atom. The average Bonchev–Trinajstić information content (AvgIpc) is 2.95. The molecule has 0 saturated carbocycles. The van der Waals surface area contributed by atoms with Crippen LogP contribution in [0, 0.1) is 24.0 Å². The van der Waals surface area contributed by atoms with Gasteiger partial charge in [0.15, 0.2) is 5.54 Å². The number of nitrogens with one attached hydrogen (secondary N) is 1. The molecule has 0 radical (unpaired) electrons. The fourth-order valence-electron chi connectivity index (χ4n) is 2.27. The lowest BCUT2D eigenvalue weighted by Crippen LogP contribution is -2.35. The molecule has 1 heterocycles. The normalized spacial score (nSPS) is 11.2. The van der Waals surface area contributed by atoms with Crippen LogP contribution in [0.1, 0.15) is 35.3 Å². The van der Waals surface area contributed by atoms with Gasteiger partial charge in [-0.1, -0.05) is 0 Å². The van der Waals surface area contributed by atoms with Crippen LogP contribution in [0.25, 0.3) is 0 Å². The molecule has 9 heteroatoms. The second-order valence-corrected chi connectivity index (χ2v) is 6.20. The van der Waals surface area contributed by atoms with Crippen LogP contribution in [0.5, 0.6) is 0 Å². The Hall–Kier alpha value is -3.23. The number of aryl methyl sites for hydroxylation is 2. The number of hydrogen-bond acceptors (Lipinski definition) is 5. The molecular formula is C16H18N4O5. The molecule has 2 aromatic rings. The number of carboxylic acids is 1. The first kappa shape index (κ1) is 18.1. The van der Waals surface area contributed by atoms with Gasteiger partial charge in [0.05, 0.1) is 16.8 Å². The lowest BCUT2D eigenvalue weighted by molar-refractivity contribution is -0.385. The van der Waals surface area contributed by atoms with Crippen LogP contribution in [0.15, 0.2) is 24.5 Å². The Kier molecular flexibility index (Phi) is 4.60. The van der Waals surface area contributed by atoms with Gasteiger partial charge in [-0.05, 0) is 39.3 Å². The molecule has 0 atom stereocenters. The van der Waals surface area contributed by atoms with Gasteiger partial charge >= 0.3 is 5.97 Å². The molecular weight excluding hydrogens is 328 g/mol. The predicted molar refractivity (Wildman–Crippen MR) is 89.7 cm³/mol. The molecule has 0 bridgehead atoms. The number of rotatable bonds is 5. The maximum absolute atomic E-state index is 12.4. The van der Waals surface area contributed by atoms with E-state index in [-0.39, 0.29) is 11.3 Å². The van der Waals surface area contributed by atoms with E-state index in [0.717, 1.165) is 0 Å². The minimum absolute atomic E-state index is 0.140. The second-order valence-electron chi connectivity index (χ2n) is 6.20. The zero-order chi connectivity index (χ0) is 18.9. The van der Waals surface area contributed by atoms with Crippen molar-refractivity contribution in [2.75, 3.05) is 5.32 Å². The van der Waals surface area contributed by atoms with Gasteiger partial charge in [-0.3, -0.25) is 19.6 Å². The Balaban J connectivity index is 2.30. The molecule has 0 aliphatic carbocycles. The van der Waals surface area contributed by atoms with Crippen LogP contribution < -0.4 is 5.32 Å². The van der Waals surface area contributed by atoms with Crippen molar-refractivity contribution in [3.8, 4) is 0 Å². The summed E-state index contributed by atoms with van der Waals surface area (Å²) in [7, 11) is 0. The van der Waals surface area contributed by atoms with E-state index in [1.807, 2.05) is 0 Å². The third kappa shape index (κ3) is 3.49. The van der Waals surface area contributed by atoms with Crippen molar-refractivity contribution in [1.82, 2.24) is 9.78 Å². The Morgan fingerprint density at radius 1 is 1.28 bits per heavy atom. The average molecular weight is 346 g/mol. The van der Waals surface area contributed by atoms with E-state index in [0.29, 0.717) is 16.8 Å². The van der Waals surface area contributed by atoms with Crippen molar-refractivity contribution in [2.24, 2.45) is 0 Å². The van der Waals surface area contributed by atoms with Gasteiger partial charge in [0.1, 0.15) is 0 Å². The molecule has 0 unspecified atom stereocenters. The van der Waals surface area contributed by atoms with Crippen molar-refractivity contribution in [1.29, 1.82) is 0 Å².